The predicted molar refractivity (Wildman–Crippen MR) is 99.7 cm³/mol. The molecule has 0 aliphatic heterocycles. The molecule has 0 aliphatic rings. The molecule has 0 aromatic carbocycles. The lowest BCUT2D eigenvalue weighted by molar-refractivity contribution is -0.113. The summed E-state index contributed by atoms with van der Waals surface area (Å²) in [5, 5.41) is 18.4. The molecule has 3 aromatic rings. The molecule has 0 unspecified atom stereocenters. The highest BCUT2D eigenvalue weighted by atomic mass is 32.2. The van der Waals surface area contributed by atoms with Crippen LogP contribution in [-0.4, -0.2) is 31.2 Å². The van der Waals surface area contributed by atoms with Crippen LogP contribution in [-0.2, 0) is 4.79 Å². The first-order valence-electron chi connectivity index (χ1n) is 7.55. The van der Waals surface area contributed by atoms with E-state index in [0.717, 1.165) is 11.3 Å². The Kier molecular flexibility index (Phi) is 5.01. The van der Waals surface area contributed by atoms with Crippen molar-refractivity contribution in [3.63, 3.8) is 0 Å². The van der Waals surface area contributed by atoms with Crippen LogP contribution >= 0.6 is 23.1 Å². The summed E-state index contributed by atoms with van der Waals surface area (Å²) in [6.45, 7) is 5.25. The van der Waals surface area contributed by atoms with E-state index in [1.54, 1.807) is 12.3 Å². The van der Waals surface area contributed by atoms with Crippen molar-refractivity contribution in [1.82, 2.24) is 19.6 Å². The molecule has 10 heteroatoms. The van der Waals surface area contributed by atoms with Crippen LogP contribution in [0.25, 0.3) is 4.96 Å². The largest absolute Gasteiger partial charge is 0.309 e. The standard InChI is InChI=1S/C16H14N6O2S2/c1-8-4-9(2)18-15(11(8)5-17)25-7-13(23)19-12-6-26-16-20-14(24)10(3)21-22(12)16/h4,6H,7H2,1-3H3,(H,19,23). The Morgan fingerprint density at radius 1 is 1.38 bits per heavy atom. The summed E-state index contributed by atoms with van der Waals surface area (Å²) in [6.07, 6.45) is 0. The fraction of sp³-hybridized carbons (Fsp3) is 0.250. The van der Waals surface area contributed by atoms with E-state index in [2.05, 4.69) is 26.5 Å². The van der Waals surface area contributed by atoms with E-state index in [0.29, 0.717) is 21.4 Å². The van der Waals surface area contributed by atoms with Crippen LogP contribution in [0.1, 0.15) is 22.5 Å². The number of carbonyl (C=O) groups is 1. The molecule has 3 heterocycles. The first kappa shape index (κ1) is 18.0. The molecule has 0 radical (unpaired) electrons. The van der Waals surface area contributed by atoms with Crippen LogP contribution in [0.15, 0.2) is 21.3 Å². The summed E-state index contributed by atoms with van der Waals surface area (Å²) in [4.78, 5) is 32.5. The molecule has 0 bridgehead atoms. The highest BCUT2D eigenvalue weighted by Crippen LogP contribution is 2.24. The summed E-state index contributed by atoms with van der Waals surface area (Å²) in [5.74, 6) is 0.270. The van der Waals surface area contributed by atoms with Crippen molar-refractivity contribution in [1.29, 1.82) is 5.26 Å². The fourth-order valence-corrected chi connectivity index (χ4v) is 3.93. The Balaban J connectivity index is 1.76. The minimum absolute atomic E-state index is 0.0918. The lowest BCUT2D eigenvalue weighted by atomic mass is 10.1. The predicted octanol–water partition coefficient (Wildman–Crippen LogP) is 2.07. The molecule has 0 atom stereocenters. The van der Waals surface area contributed by atoms with Crippen molar-refractivity contribution >= 4 is 39.8 Å². The van der Waals surface area contributed by atoms with Crippen molar-refractivity contribution in [3.05, 3.63) is 44.3 Å². The summed E-state index contributed by atoms with van der Waals surface area (Å²) < 4.78 is 1.43. The summed E-state index contributed by atoms with van der Waals surface area (Å²) in [7, 11) is 0. The van der Waals surface area contributed by atoms with Gasteiger partial charge in [-0.15, -0.1) is 11.3 Å². The van der Waals surface area contributed by atoms with Crippen LogP contribution in [0.4, 0.5) is 5.82 Å². The number of fused-ring (bicyclic) bond motifs is 1. The number of rotatable bonds is 4. The van der Waals surface area contributed by atoms with Gasteiger partial charge >= 0.3 is 0 Å². The number of hydrogen-bond donors (Lipinski definition) is 1. The van der Waals surface area contributed by atoms with Crippen molar-refractivity contribution < 1.29 is 4.79 Å². The van der Waals surface area contributed by atoms with Crippen molar-refractivity contribution in [2.45, 2.75) is 25.8 Å². The van der Waals surface area contributed by atoms with Crippen molar-refractivity contribution in [2.24, 2.45) is 0 Å². The SMILES string of the molecule is Cc1cc(C)c(C#N)c(SCC(=O)Nc2csc3nc(=O)c(C)nn23)n1. The third-order valence-corrected chi connectivity index (χ3v) is 5.26. The van der Waals surface area contributed by atoms with E-state index >= 15 is 0 Å². The number of nitriles is 1. The second-order valence-electron chi connectivity index (χ2n) is 5.53. The minimum atomic E-state index is -0.384. The van der Waals surface area contributed by atoms with Gasteiger partial charge in [0.2, 0.25) is 10.9 Å². The maximum Gasteiger partial charge on any atom is 0.295 e. The zero-order valence-electron chi connectivity index (χ0n) is 14.2. The number of carbonyl (C=O) groups excluding carboxylic acids is 1. The van der Waals surface area contributed by atoms with E-state index in [4.69, 9.17) is 0 Å². The van der Waals surface area contributed by atoms with Crippen LogP contribution in [0.3, 0.4) is 0 Å². The lowest BCUT2D eigenvalue weighted by Crippen LogP contribution is -2.19. The first-order valence-corrected chi connectivity index (χ1v) is 9.41. The molecular weight excluding hydrogens is 372 g/mol. The van der Waals surface area contributed by atoms with Gasteiger partial charge in [-0.3, -0.25) is 9.59 Å². The number of hydrogen-bond acceptors (Lipinski definition) is 8. The molecule has 8 nitrogen and oxygen atoms in total. The molecule has 0 fully saturated rings. The average molecular weight is 386 g/mol. The normalized spacial score (nSPS) is 10.7. The van der Waals surface area contributed by atoms with E-state index in [-0.39, 0.29) is 22.9 Å². The molecular formula is C16H14N6O2S2. The number of amides is 1. The number of pyridine rings is 1. The molecule has 1 amide bonds. The minimum Gasteiger partial charge on any atom is -0.309 e. The Bertz CT molecular complexity index is 1110. The number of thiazole rings is 1. The highest BCUT2D eigenvalue weighted by Gasteiger charge is 2.14. The van der Waals surface area contributed by atoms with Crippen LogP contribution in [0, 0.1) is 32.1 Å². The quantitative estimate of drug-likeness (QED) is 0.683. The summed E-state index contributed by atoms with van der Waals surface area (Å²) in [6, 6.07) is 3.97. The second kappa shape index (κ2) is 7.23. The highest BCUT2D eigenvalue weighted by molar-refractivity contribution is 8.00. The average Bonchev–Trinajstić information content (AvgIpc) is 2.95. The van der Waals surface area contributed by atoms with Crippen molar-refractivity contribution in [2.75, 3.05) is 11.1 Å². The van der Waals surface area contributed by atoms with Crippen molar-refractivity contribution in [3.8, 4) is 6.07 Å². The molecule has 0 aliphatic carbocycles. The van der Waals surface area contributed by atoms with E-state index in [1.165, 1.54) is 27.6 Å². The number of nitrogens with one attached hydrogen (secondary N) is 1. The topological polar surface area (TPSA) is 113 Å². The number of anilines is 1. The fourth-order valence-electron chi connectivity index (χ4n) is 2.28. The van der Waals surface area contributed by atoms with E-state index in [1.807, 2.05) is 19.9 Å². The lowest BCUT2D eigenvalue weighted by Gasteiger charge is -2.08. The van der Waals surface area contributed by atoms with Gasteiger partial charge in [-0.1, -0.05) is 11.8 Å². The maximum atomic E-state index is 12.3. The molecule has 3 aromatic heterocycles. The van der Waals surface area contributed by atoms with Crippen LogP contribution in [0.5, 0.6) is 0 Å². The Morgan fingerprint density at radius 3 is 2.88 bits per heavy atom. The molecule has 26 heavy (non-hydrogen) atoms. The molecule has 1 N–H and O–H groups in total. The zero-order valence-corrected chi connectivity index (χ0v) is 15.9. The van der Waals surface area contributed by atoms with Crippen LogP contribution in [0.2, 0.25) is 0 Å². The van der Waals surface area contributed by atoms with Gasteiger partial charge in [0.1, 0.15) is 22.6 Å². The van der Waals surface area contributed by atoms with Gasteiger partial charge in [0.25, 0.3) is 5.56 Å². The Labute approximate surface area is 156 Å². The second-order valence-corrected chi connectivity index (χ2v) is 7.33. The summed E-state index contributed by atoms with van der Waals surface area (Å²) >= 11 is 2.42. The van der Waals surface area contributed by atoms with Gasteiger partial charge in [-0.25, -0.2) is 4.98 Å². The number of aromatic nitrogens is 4. The third-order valence-electron chi connectivity index (χ3n) is 3.47. The molecule has 0 saturated heterocycles. The number of thioether (sulfide) groups is 1. The van der Waals surface area contributed by atoms with Gasteiger partial charge in [0, 0.05) is 11.1 Å². The molecule has 3 rings (SSSR count). The Hall–Kier alpha value is -2.77. The molecule has 132 valence electrons. The molecule has 0 spiro atoms. The van der Waals surface area contributed by atoms with Gasteiger partial charge in [0.15, 0.2) is 0 Å². The first-order chi connectivity index (χ1) is 12.4. The molecule has 0 saturated carbocycles. The monoisotopic (exact) mass is 386 g/mol. The number of aryl methyl sites for hydroxylation is 3. The van der Waals surface area contributed by atoms with Gasteiger partial charge in [-0.2, -0.15) is 19.9 Å². The van der Waals surface area contributed by atoms with Gasteiger partial charge < -0.3 is 5.32 Å². The number of nitrogens with zero attached hydrogens (tertiary/aromatic N) is 5. The smallest absolute Gasteiger partial charge is 0.295 e. The Morgan fingerprint density at radius 2 is 2.15 bits per heavy atom. The summed E-state index contributed by atoms with van der Waals surface area (Å²) in [5.41, 5.74) is 1.98. The van der Waals surface area contributed by atoms with Crippen LogP contribution < -0.4 is 10.9 Å². The third kappa shape index (κ3) is 3.58. The van der Waals surface area contributed by atoms with Gasteiger partial charge in [0.05, 0.1) is 11.3 Å². The zero-order chi connectivity index (χ0) is 18.8. The van der Waals surface area contributed by atoms with Gasteiger partial charge in [-0.05, 0) is 32.4 Å². The van der Waals surface area contributed by atoms with E-state index < -0.39 is 0 Å². The maximum absolute atomic E-state index is 12.3. The van der Waals surface area contributed by atoms with E-state index in [9.17, 15) is 14.9 Å².